The van der Waals surface area contributed by atoms with Gasteiger partial charge in [0.1, 0.15) is 3.70 Å². The molecule has 0 radical (unpaired) electrons. The zero-order valence-electron chi connectivity index (χ0n) is 6.17. The average molecular weight is 266 g/mol. The zero-order chi connectivity index (χ0) is 8.43. The highest BCUT2D eigenvalue weighted by molar-refractivity contribution is 14.1. The fourth-order valence-corrected chi connectivity index (χ4v) is 1.45. The quantitative estimate of drug-likeness (QED) is 0.558. The van der Waals surface area contributed by atoms with Crippen molar-refractivity contribution < 1.29 is 9.53 Å². The molecule has 11 heavy (non-hydrogen) atoms. The van der Waals surface area contributed by atoms with E-state index in [0.717, 1.165) is 0 Å². The number of methoxy groups -OCH3 is 1. The van der Waals surface area contributed by atoms with Gasteiger partial charge in [-0.15, -0.1) is 0 Å². The molecule has 60 valence electrons. The van der Waals surface area contributed by atoms with Gasteiger partial charge in [-0.1, -0.05) is 0 Å². The third kappa shape index (κ3) is 1.52. The van der Waals surface area contributed by atoms with Crippen molar-refractivity contribution in [2.75, 3.05) is 7.11 Å². The Morgan fingerprint density at radius 3 is 2.82 bits per heavy atom. The minimum atomic E-state index is -0.352. The Labute approximate surface area is 77.7 Å². The van der Waals surface area contributed by atoms with Gasteiger partial charge in [-0.05, 0) is 22.6 Å². The van der Waals surface area contributed by atoms with Gasteiger partial charge in [0, 0.05) is 7.05 Å². The molecule has 1 rings (SSSR count). The molecule has 0 spiro atoms. The number of imidazole rings is 1. The van der Waals surface area contributed by atoms with Gasteiger partial charge in [-0.3, -0.25) is 0 Å². The maximum absolute atomic E-state index is 11.0. The van der Waals surface area contributed by atoms with Crippen molar-refractivity contribution in [3.63, 3.8) is 0 Å². The van der Waals surface area contributed by atoms with Crippen LogP contribution in [0.2, 0.25) is 0 Å². The third-order valence-corrected chi connectivity index (χ3v) is 2.06. The topological polar surface area (TPSA) is 44.1 Å². The molecule has 0 aliphatic heterocycles. The van der Waals surface area contributed by atoms with Crippen molar-refractivity contribution in [2.45, 2.75) is 0 Å². The van der Waals surface area contributed by atoms with E-state index in [1.165, 1.54) is 7.11 Å². The van der Waals surface area contributed by atoms with Gasteiger partial charge in [0.2, 0.25) is 0 Å². The van der Waals surface area contributed by atoms with Gasteiger partial charge in [-0.25, -0.2) is 9.78 Å². The Bertz CT molecular complexity index is 263. The SMILES string of the molecule is COC(=O)c1c(I)ncn1C. The largest absolute Gasteiger partial charge is 0.464 e. The van der Waals surface area contributed by atoms with Crippen LogP contribution in [0.1, 0.15) is 10.5 Å². The number of aromatic nitrogens is 2. The number of hydrogen-bond acceptors (Lipinski definition) is 3. The Morgan fingerprint density at radius 1 is 1.82 bits per heavy atom. The van der Waals surface area contributed by atoms with E-state index in [1.54, 1.807) is 17.9 Å². The summed E-state index contributed by atoms with van der Waals surface area (Å²) in [6.07, 6.45) is 1.58. The summed E-state index contributed by atoms with van der Waals surface area (Å²) in [6, 6.07) is 0. The van der Waals surface area contributed by atoms with Crippen LogP contribution in [0.25, 0.3) is 0 Å². The predicted molar refractivity (Wildman–Crippen MR) is 47.3 cm³/mol. The summed E-state index contributed by atoms with van der Waals surface area (Å²) in [7, 11) is 3.10. The van der Waals surface area contributed by atoms with E-state index in [2.05, 4.69) is 9.72 Å². The van der Waals surface area contributed by atoms with Crippen molar-refractivity contribution in [2.24, 2.45) is 7.05 Å². The number of hydrogen-bond donors (Lipinski definition) is 0. The molecule has 0 fully saturated rings. The van der Waals surface area contributed by atoms with Crippen LogP contribution < -0.4 is 0 Å². The standard InChI is InChI=1S/C6H7IN2O2/c1-9-3-8-5(7)4(9)6(10)11-2/h3H,1-2H3. The van der Waals surface area contributed by atoms with E-state index in [0.29, 0.717) is 9.39 Å². The minimum absolute atomic E-state index is 0.352. The number of rotatable bonds is 1. The first-order valence-corrected chi connectivity index (χ1v) is 4.00. The van der Waals surface area contributed by atoms with Crippen LogP contribution in [0.5, 0.6) is 0 Å². The van der Waals surface area contributed by atoms with Crippen LogP contribution in [0.3, 0.4) is 0 Å². The lowest BCUT2D eigenvalue weighted by molar-refractivity contribution is 0.0588. The summed E-state index contributed by atoms with van der Waals surface area (Å²) in [5.74, 6) is -0.352. The number of halogens is 1. The summed E-state index contributed by atoms with van der Waals surface area (Å²) in [4.78, 5) is 15.0. The third-order valence-electron chi connectivity index (χ3n) is 1.27. The second kappa shape index (κ2) is 3.21. The molecule has 0 aliphatic rings. The van der Waals surface area contributed by atoms with E-state index in [1.807, 2.05) is 22.6 Å². The van der Waals surface area contributed by atoms with Crippen LogP contribution in [-0.2, 0) is 11.8 Å². The monoisotopic (exact) mass is 266 g/mol. The summed E-state index contributed by atoms with van der Waals surface area (Å²) >= 11 is 1.99. The zero-order valence-corrected chi connectivity index (χ0v) is 8.32. The maximum Gasteiger partial charge on any atom is 0.357 e. The first-order valence-electron chi connectivity index (χ1n) is 2.92. The molecule has 0 saturated carbocycles. The molecule has 0 bridgehead atoms. The van der Waals surface area contributed by atoms with Crippen molar-refractivity contribution in [1.82, 2.24) is 9.55 Å². The van der Waals surface area contributed by atoms with E-state index >= 15 is 0 Å². The number of nitrogens with zero attached hydrogens (tertiary/aromatic N) is 2. The maximum atomic E-state index is 11.0. The molecule has 1 heterocycles. The molecule has 0 atom stereocenters. The Morgan fingerprint density at radius 2 is 2.45 bits per heavy atom. The lowest BCUT2D eigenvalue weighted by Crippen LogP contribution is -2.08. The number of carbonyl (C=O) groups is 1. The number of esters is 1. The number of carbonyl (C=O) groups excluding carboxylic acids is 1. The summed E-state index contributed by atoms with van der Waals surface area (Å²) in [5, 5.41) is 0. The van der Waals surface area contributed by atoms with Crippen molar-refractivity contribution in [3.05, 3.63) is 15.7 Å². The first-order chi connectivity index (χ1) is 5.16. The van der Waals surface area contributed by atoms with Crippen molar-refractivity contribution in [3.8, 4) is 0 Å². The molecule has 4 nitrogen and oxygen atoms in total. The molecule has 0 unspecified atom stereocenters. The molecule has 0 amide bonds. The van der Waals surface area contributed by atoms with E-state index in [-0.39, 0.29) is 5.97 Å². The van der Waals surface area contributed by atoms with Crippen LogP contribution in [-0.4, -0.2) is 22.6 Å². The highest BCUT2D eigenvalue weighted by atomic mass is 127. The summed E-state index contributed by atoms with van der Waals surface area (Å²) < 4.78 is 6.85. The highest BCUT2D eigenvalue weighted by Crippen LogP contribution is 2.09. The van der Waals surface area contributed by atoms with E-state index < -0.39 is 0 Å². The van der Waals surface area contributed by atoms with Crippen LogP contribution >= 0.6 is 22.6 Å². The van der Waals surface area contributed by atoms with Gasteiger partial charge in [0.05, 0.1) is 13.4 Å². The normalized spacial score (nSPS) is 9.73. The lowest BCUT2D eigenvalue weighted by atomic mass is 10.5. The second-order valence-corrected chi connectivity index (χ2v) is 3.01. The average Bonchev–Trinajstić information content (AvgIpc) is 2.30. The first kappa shape index (κ1) is 8.51. The molecule has 0 saturated heterocycles. The van der Waals surface area contributed by atoms with Crippen LogP contribution in [0, 0.1) is 3.70 Å². The molecule has 1 aromatic heterocycles. The summed E-state index contributed by atoms with van der Waals surface area (Å²) in [5.41, 5.74) is 0.494. The molecule has 0 N–H and O–H groups in total. The molecular formula is C6H7IN2O2. The minimum Gasteiger partial charge on any atom is -0.464 e. The lowest BCUT2D eigenvalue weighted by Gasteiger charge is -1.98. The second-order valence-electron chi connectivity index (χ2n) is 1.99. The van der Waals surface area contributed by atoms with Crippen molar-refractivity contribution in [1.29, 1.82) is 0 Å². The molecule has 0 aromatic carbocycles. The predicted octanol–water partition coefficient (Wildman–Crippen LogP) is 0.811. The fourth-order valence-electron chi connectivity index (χ4n) is 0.727. The Hall–Kier alpha value is -0.590. The van der Waals surface area contributed by atoms with Gasteiger partial charge < -0.3 is 9.30 Å². The smallest absolute Gasteiger partial charge is 0.357 e. The van der Waals surface area contributed by atoms with Crippen LogP contribution in [0.4, 0.5) is 0 Å². The fraction of sp³-hybridized carbons (Fsp3) is 0.333. The molecule has 1 aromatic rings. The Kier molecular flexibility index (Phi) is 2.48. The van der Waals surface area contributed by atoms with E-state index in [4.69, 9.17) is 0 Å². The van der Waals surface area contributed by atoms with Gasteiger partial charge in [-0.2, -0.15) is 0 Å². The van der Waals surface area contributed by atoms with Crippen LogP contribution in [0.15, 0.2) is 6.33 Å². The Balaban J connectivity index is 3.10. The van der Waals surface area contributed by atoms with E-state index in [9.17, 15) is 4.79 Å². The molecule has 0 aliphatic carbocycles. The number of ether oxygens (including phenoxy) is 1. The van der Waals surface area contributed by atoms with Gasteiger partial charge in [0.25, 0.3) is 0 Å². The van der Waals surface area contributed by atoms with Gasteiger partial charge >= 0.3 is 5.97 Å². The highest BCUT2D eigenvalue weighted by Gasteiger charge is 2.14. The molecule has 5 heteroatoms. The summed E-state index contributed by atoms with van der Waals surface area (Å²) in [6.45, 7) is 0. The van der Waals surface area contributed by atoms with Crippen molar-refractivity contribution >= 4 is 28.6 Å². The molecular weight excluding hydrogens is 259 g/mol. The number of aryl methyl sites for hydroxylation is 1. The van der Waals surface area contributed by atoms with Gasteiger partial charge in [0.15, 0.2) is 5.69 Å².